The molecule has 0 saturated carbocycles. The molecule has 0 fully saturated rings. The zero-order chi connectivity index (χ0) is 21.6. The molecule has 0 aromatic heterocycles. The number of ether oxygens (including phenoxy) is 2. The summed E-state index contributed by atoms with van der Waals surface area (Å²) in [4.78, 5) is 12.3. The van der Waals surface area contributed by atoms with Crippen LogP contribution in [0.25, 0.3) is 0 Å². The Morgan fingerprint density at radius 2 is 1.33 bits per heavy atom. The lowest BCUT2D eigenvalue weighted by molar-refractivity contribution is 0.104. The molecular formula is C26H27NO3. The van der Waals surface area contributed by atoms with Crippen LogP contribution in [0.2, 0.25) is 0 Å². The first-order valence-corrected chi connectivity index (χ1v) is 9.85. The topological polar surface area (TPSA) is 47.6 Å². The molecule has 0 radical (unpaired) electrons. The summed E-state index contributed by atoms with van der Waals surface area (Å²) in [6, 6.07) is 22.7. The minimum Gasteiger partial charge on any atom is -0.497 e. The molecule has 30 heavy (non-hydrogen) atoms. The molecule has 0 heterocycles. The number of benzene rings is 3. The first-order valence-electron chi connectivity index (χ1n) is 9.85. The number of carbonyl (C=O) groups excluding carboxylic acids is 1. The van der Waals surface area contributed by atoms with Crippen LogP contribution in [0.4, 0.5) is 5.69 Å². The van der Waals surface area contributed by atoms with Gasteiger partial charge in [-0.3, -0.25) is 4.79 Å². The molecule has 0 spiro atoms. The van der Waals surface area contributed by atoms with Crippen LogP contribution in [0.15, 0.2) is 85.1 Å². The third kappa shape index (κ3) is 5.74. The highest BCUT2D eigenvalue weighted by Gasteiger charge is 2.13. The Bertz CT molecular complexity index is 996. The van der Waals surface area contributed by atoms with Gasteiger partial charge in [0, 0.05) is 23.5 Å². The maximum atomic E-state index is 12.3. The van der Waals surface area contributed by atoms with Crippen molar-refractivity contribution in [2.45, 2.75) is 26.2 Å². The van der Waals surface area contributed by atoms with Crippen LogP contribution in [0.1, 0.15) is 36.7 Å². The standard InChI is InChI=1S/C26H27NO3/c1-26(2,3)20-7-5-19(6-8-20)25(28)17-18-27-21-9-11-23(12-10-21)30-24-15-13-22(29-4)14-16-24/h5-18,27H,1-4H3. The molecular weight excluding hydrogens is 374 g/mol. The molecule has 0 unspecified atom stereocenters. The number of hydrogen-bond acceptors (Lipinski definition) is 4. The normalized spacial score (nSPS) is 11.3. The van der Waals surface area contributed by atoms with Crippen molar-refractivity contribution >= 4 is 11.5 Å². The summed E-state index contributed by atoms with van der Waals surface area (Å²) in [6.07, 6.45) is 3.19. The summed E-state index contributed by atoms with van der Waals surface area (Å²) in [5.74, 6) is 2.21. The summed E-state index contributed by atoms with van der Waals surface area (Å²) >= 11 is 0. The second-order valence-corrected chi connectivity index (χ2v) is 7.97. The van der Waals surface area contributed by atoms with Gasteiger partial charge in [0.25, 0.3) is 0 Å². The van der Waals surface area contributed by atoms with Crippen molar-refractivity contribution in [3.8, 4) is 17.2 Å². The van der Waals surface area contributed by atoms with E-state index in [2.05, 4.69) is 26.1 Å². The molecule has 154 valence electrons. The number of nitrogens with one attached hydrogen (secondary N) is 1. The van der Waals surface area contributed by atoms with Crippen LogP contribution in [0.5, 0.6) is 17.2 Å². The summed E-state index contributed by atoms with van der Waals surface area (Å²) < 4.78 is 11.0. The van der Waals surface area contributed by atoms with Crippen molar-refractivity contribution in [2.24, 2.45) is 0 Å². The van der Waals surface area contributed by atoms with Gasteiger partial charge in [-0.15, -0.1) is 0 Å². The Labute approximate surface area is 178 Å². The van der Waals surface area contributed by atoms with Crippen molar-refractivity contribution < 1.29 is 14.3 Å². The number of rotatable bonds is 7. The molecule has 0 aliphatic rings. The third-order valence-electron chi connectivity index (χ3n) is 4.67. The van der Waals surface area contributed by atoms with Crippen LogP contribution >= 0.6 is 0 Å². The summed E-state index contributed by atoms with van der Waals surface area (Å²) in [6.45, 7) is 6.46. The van der Waals surface area contributed by atoms with E-state index >= 15 is 0 Å². The van der Waals surface area contributed by atoms with E-state index in [4.69, 9.17) is 9.47 Å². The molecule has 0 atom stereocenters. The van der Waals surface area contributed by atoms with Crippen molar-refractivity contribution in [3.63, 3.8) is 0 Å². The van der Waals surface area contributed by atoms with Gasteiger partial charge in [-0.2, -0.15) is 0 Å². The molecule has 4 nitrogen and oxygen atoms in total. The SMILES string of the molecule is COc1ccc(Oc2ccc(NC=CC(=O)c3ccc(C(C)(C)C)cc3)cc2)cc1. The van der Waals surface area contributed by atoms with Gasteiger partial charge in [0.05, 0.1) is 7.11 Å². The van der Waals surface area contributed by atoms with E-state index in [0.717, 1.165) is 22.9 Å². The largest absolute Gasteiger partial charge is 0.497 e. The van der Waals surface area contributed by atoms with E-state index in [1.165, 1.54) is 11.6 Å². The Morgan fingerprint density at radius 1 is 0.800 bits per heavy atom. The van der Waals surface area contributed by atoms with Gasteiger partial charge < -0.3 is 14.8 Å². The maximum absolute atomic E-state index is 12.3. The predicted molar refractivity (Wildman–Crippen MR) is 122 cm³/mol. The molecule has 3 aromatic carbocycles. The highest BCUT2D eigenvalue weighted by Crippen LogP contribution is 2.25. The van der Waals surface area contributed by atoms with E-state index in [0.29, 0.717) is 5.56 Å². The minimum absolute atomic E-state index is 0.0394. The summed E-state index contributed by atoms with van der Waals surface area (Å²) in [5.41, 5.74) is 2.81. The van der Waals surface area contributed by atoms with E-state index < -0.39 is 0 Å². The highest BCUT2D eigenvalue weighted by molar-refractivity contribution is 6.04. The third-order valence-corrected chi connectivity index (χ3v) is 4.67. The zero-order valence-electron chi connectivity index (χ0n) is 17.8. The number of allylic oxidation sites excluding steroid dienone is 1. The molecule has 0 saturated heterocycles. The second-order valence-electron chi connectivity index (χ2n) is 7.97. The Balaban J connectivity index is 1.55. The Kier molecular flexibility index (Phi) is 6.58. The van der Waals surface area contributed by atoms with Gasteiger partial charge in [-0.05, 0) is 59.5 Å². The van der Waals surface area contributed by atoms with Crippen molar-refractivity contribution in [3.05, 3.63) is 96.2 Å². The quantitative estimate of drug-likeness (QED) is 0.358. The fourth-order valence-electron chi connectivity index (χ4n) is 2.84. The van der Waals surface area contributed by atoms with E-state index in [-0.39, 0.29) is 11.2 Å². The number of hydrogen-bond donors (Lipinski definition) is 1. The van der Waals surface area contributed by atoms with Gasteiger partial charge in [-0.1, -0.05) is 45.0 Å². The Morgan fingerprint density at radius 3 is 1.87 bits per heavy atom. The molecule has 3 rings (SSSR count). The predicted octanol–water partition coefficient (Wildman–Crippen LogP) is 6.59. The average Bonchev–Trinajstić information content (AvgIpc) is 2.75. The van der Waals surface area contributed by atoms with Gasteiger partial charge in [-0.25, -0.2) is 0 Å². The van der Waals surface area contributed by atoms with Gasteiger partial charge in [0.1, 0.15) is 17.2 Å². The molecule has 0 bridgehead atoms. The van der Waals surface area contributed by atoms with Crippen LogP contribution in [-0.4, -0.2) is 12.9 Å². The number of anilines is 1. The van der Waals surface area contributed by atoms with Crippen molar-refractivity contribution in [1.29, 1.82) is 0 Å². The Hall–Kier alpha value is -3.53. The van der Waals surface area contributed by atoms with Crippen LogP contribution in [-0.2, 0) is 5.41 Å². The van der Waals surface area contributed by atoms with Gasteiger partial charge in [0.15, 0.2) is 5.78 Å². The fraction of sp³-hybridized carbons (Fsp3) is 0.192. The maximum Gasteiger partial charge on any atom is 0.187 e. The zero-order valence-corrected chi connectivity index (χ0v) is 17.8. The van der Waals surface area contributed by atoms with Crippen molar-refractivity contribution in [1.82, 2.24) is 0 Å². The van der Waals surface area contributed by atoms with E-state index in [9.17, 15) is 4.79 Å². The van der Waals surface area contributed by atoms with E-state index in [1.807, 2.05) is 72.8 Å². The van der Waals surface area contributed by atoms with Gasteiger partial charge >= 0.3 is 0 Å². The summed E-state index contributed by atoms with van der Waals surface area (Å²) in [7, 11) is 1.63. The smallest absolute Gasteiger partial charge is 0.187 e. The van der Waals surface area contributed by atoms with Crippen LogP contribution in [0, 0.1) is 0 Å². The summed E-state index contributed by atoms with van der Waals surface area (Å²) in [5, 5.41) is 3.11. The average molecular weight is 402 g/mol. The highest BCUT2D eigenvalue weighted by atomic mass is 16.5. The molecule has 4 heteroatoms. The number of methoxy groups -OCH3 is 1. The minimum atomic E-state index is -0.0394. The van der Waals surface area contributed by atoms with Crippen LogP contribution < -0.4 is 14.8 Å². The molecule has 1 N–H and O–H groups in total. The number of ketones is 1. The first-order chi connectivity index (χ1) is 14.3. The first kappa shape index (κ1) is 21.2. The number of carbonyl (C=O) groups is 1. The fourth-order valence-corrected chi connectivity index (χ4v) is 2.84. The van der Waals surface area contributed by atoms with E-state index in [1.54, 1.807) is 13.3 Å². The molecule has 0 aliphatic heterocycles. The second kappa shape index (κ2) is 9.31. The molecule has 0 amide bonds. The lowest BCUT2D eigenvalue weighted by atomic mass is 9.86. The molecule has 3 aromatic rings. The lowest BCUT2D eigenvalue weighted by Crippen LogP contribution is -2.11. The lowest BCUT2D eigenvalue weighted by Gasteiger charge is -2.18. The monoisotopic (exact) mass is 401 g/mol. The van der Waals surface area contributed by atoms with Crippen LogP contribution in [0.3, 0.4) is 0 Å². The van der Waals surface area contributed by atoms with Gasteiger partial charge in [0.2, 0.25) is 0 Å². The molecule has 0 aliphatic carbocycles. The van der Waals surface area contributed by atoms with Crippen molar-refractivity contribution in [2.75, 3.05) is 12.4 Å².